The summed E-state index contributed by atoms with van der Waals surface area (Å²) in [5.74, 6) is 1.59. The maximum Gasteiger partial charge on any atom is 0.227 e. The molecular formula is C16H21Cl3N2O. The summed E-state index contributed by atoms with van der Waals surface area (Å²) >= 11 is 12.3. The van der Waals surface area contributed by atoms with Crippen LogP contribution in [0.2, 0.25) is 10.0 Å². The van der Waals surface area contributed by atoms with Gasteiger partial charge in [0.05, 0.1) is 6.42 Å². The third-order valence-electron chi connectivity index (χ3n) is 4.76. The molecule has 1 aromatic carbocycles. The molecule has 2 fully saturated rings. The first-order chi connectivity index (χ1) is 10.1. The summed E-state index contributed by atoms with van der Waals surface area (Å²) in [5, 5.41) is 4.60. The van der Waals surface area contributed by atoms with Crippen molar-refractivity contribution >= 4 is 41.5 Å². The van der Waals surface area contributed by atoms with E-state index in [4.69, 9.17) is 23.2 Å². The fourth-order valence-corrected chi connectivity index (χ4v) is 3.96. The van der Waals surface area contributed by atoms with Crippen LogP contribution in [0, 0.1) is 11.8 Å². The Labute approximate surface area is 147 Å². The van der Waals surface area contributed by atoms with Crippen molar-refractivity contribution < 1.29 is 4.79 Å². The van der Waals surface area contributed by atoms with Gasteiger partial charge in [-0.2, -0.15) is 0 Å². The number of nitrogens with zero attached hydrogens (tertiary/aromatic N) is 1. The molecule has 0 radical (unpaired) electrons. The first-order valence-electron chi connectivity index (χ1n) is 7.56. The first kappa shape index (κ1) is 17.9. The third kappa shape index (κ3) is 3.88. The first-order valence-corrected chi connectivity index (χ1v) is 8.32. The molecule has 6 heteroatoms. The number of hydrogen-bond donors (Lipinski definition) is 1. The van der Waals surface area contributed by atoms with Crippen LogP contribution in [0.25, 0.3) is 0 Å². The quantitative estimate of drug-likeness (QED) is 0.873. The number of halogens is 3. The van der Waals surface area contributed by atoms with Gasteiger partial charge >= 0.3 is 0 Å². The standard InChI is InChI=1S/C16H20Cl2N2O.ClH/c17-14-2-1-3-15(18)13(14)8-16(21)20-6-4-11-9-19-10-12(11)5-7-20;/h1-3,11-12,19H,4-10H2;1H/t11-,12+;. The van der Waals surface area contributed by atoms with Gasteiger partial charge in [-0.05, 0) is 55.5 Å². The second-order valence-electron chi connectivity index (χ2n) is 6.01. The van der Waals surface area contributed by atoms with E-state index in [0.717, 1.165) is 56.4 Å². The van der Waals surface area contributed by atoms with Crippen LogP contribution < -0.4 is 5.32 Å². The van der Waals surface area contributed by atoms with Crippen molar-refractivity contribution in [3.05, 3.63) is 33.8 Å². The Morgan fingerprint density at radius 1 is 1.14 bits per heavy atom. The van der Waals surface area contributed by atoms with E-state index in [1.165, 1.54) is 0 Å². The fraction of sp³-hybridized carbons (Fsp3) is 0.562. The van der Waals surface area contributed by atoms with Crippen molar-refractivity contribution in [2.75, 3.05) is 26.2 Å². The fourth-order valence-electron chi connectivity index (χ4n) is 3.43. The normalized spacial score (nSPS) is 24.4. The number of carbonyl (C=O) groups excluding carboxylic acids is 1. The van der Waals surface area contributed by atoms with Crippen molar-refractivity contribution in [2.45, 2.75) is 19.3 Å². The van der Waals surface area contributed by atoms with Gasteiger partial charge in [0.1, 0.15) is 0 Å². The van der Waals surface area contributed by atoms with E-state index in [2.05, 4.69) is 5.32 Å². The van der Waals surface area contributed by atoms with E-state index < -0.39 is 0 Å². The van der Waals surface area contributed by atoms with Crippen LogP contribution in [-0.2, 0) is 11.2 Å². The molecule has 0 aliphatic carbocycles. The van der Waals surface area contributed by atoms with Gasteiger partial charge in [0.2, 0.25) is 5.91 Å². The zero-order valence-electron chi connectivity index (χ0n) is 12.4. The minimum atomic E-state index is 0. The van der Waals surface area contributed by atoms with Crippen LogP contribution in [0.5, 0.6) is 0 Å². The Balaban J connectivity index is 0.00000176. The molecule has 1 amide bonds. The van der Waals surface area contributed by atoms with Crippen LogP contribution in [-0.4, -0.2) is 37.0 Å². The van der Waals surface area contributed by atoms with Gasteiger partial charge in [-0.25, -0.2) is 0 Å². The molecule has 2 heterocycles. The molecule has 0 spiro atoms. The molecule has 3 rings (SSSR count). The Bertz CT molecular complexity index is 504. The highest BCUT2D eigenvalue weighted by molar-refractivity contribution is 6.36. The van der Waals surface area contributed by atoms with Gasteiger partial charge < -0.3 is 10.2 Å². The average molecular weight is 364 g/mol. The van der Waals surface area contributed by atoms with Gasteiger partial charge in [0, 0.05) is 23.1 Å². The van der Waals surface area contributed by atoms with E-state index in [1.54, 1.807) is 18.2 Å². The van der Waals surface area contributed by atoms with E-state index in [9.17, 15) is 4.79 Å². The van der Waals surface area contributed by atoms with Gasteiger partial charge in [0.15, 0.2) is 0 Å². The summed E-state index contributed by atoms with van der Waals surface area (Å²) in [5.41, 5.74) is 0.747. The Hall–Kier alpha value is -0.480. The number of hydrogen-bond acceptors (Lipinski definition) is 2. The smallest absolute Gasteiger partial charge is 0.227 e. The summed E-state index contributed by atoms with van der Waals surface area (Å²) in [4.78, 5) is 14.5. The van der Waals surface area contributed by atoms with Gasteiger partial charge in [0.25, 0.3) is 0 Å². The largest absolute Gasteiger partial charge is 0.342 e. The van der Waals surface area contributed by atoms with Gasteiger partial charge in [-0.1, -0.05) is 29.3 Å². The molecule has 22 heavy (non-hydrogen) atoms. The van der Waals surface area contributed by atoms with Crippen LogP contribution in [0.3, 0.4) is 0 Å². The highest BCUT2D eigenvalue weighted by Gasteiger charge is 2.31. The molecular weight excluding hydrogens is 343 g/mol. The van der Waals surface area contributed by atoms with Crippen molar-refractivity contribution in [1.29, 1.82) is 0 Å². The van der Waals surface area contributed by atoms with Crippen molar-refractivity contribution in [2.24, 2.45) is 11.8 Å². The monoisotopic (exact) mass is 362 g/mol. The SMILES string of the molecule is Cl.O=C(Cc1c(Cl)cccc1Cl)N1CC[C@@H]2CNC[C@@H]2CC1. The number of likely N-dealkylation sites (tertiary alicyclic amines) is 1. The predicted molar refractivity (Wildman–Crippen MR) is 93.1 cm³/mol. The maximum absolute atomic E-state index is 12.5. The zero-order chi connectivity index (χ0) is 14.8. The lowest BCUT2D eigenvalue weighted by Crippen LogP contribution is -2.34. The van der Waals surface area contributed by atoms with Crippen LogP contribution >= 0.6 is 35.6 Å². The third-order valence-corrected chi connectivity index (χ3v) is 5.47. The molecule has 3 nitrogen and oxygen atoms in total. The Morgan fingerprint density at radius 2 is 1.68 bits per heavy atom. The lowest BCUT2D eigenvalue weighted by molar-refractivity contribution is -0.130. The Morgan fingerprint density at radius 3 is 2.23 bits per heavy atom. The van der Waals surface area contributed by atoms with Crippen molar-refractivity contribution in [3.8, 4) is 0 Å². The van der Waals surface area contributed by atoms with Crippen LogP contribution in [0.15, 0.2) is 18.2 Å². The van der Waals surface area contributed by atoms with E-state index in [1.807, 2.05) is 4.90 Å². The number of carbonyl (C=O) groups is 1. The number of amides is 1. The minimum absolute atomic E-state index is 0. The zero-order valence-corrected chi connectivity index (χ0v) is 14.7. The summed E-state index contributed by atoms with van der Waals surface area (Å²) in [6.45, 7) is 3.90. The van der Waals surface area contributed by atoms with Crippen LogP contribution in [0.1, 0.15) is 18.4 Å². The molecule has 2 aliphatic heterocycles. The lowest BCUT2D eigenvalue weighted by atomic mass is 9.92. The van der Waals surface area contributed by atoms with E-state index >= 15 is 0 Å². The summed E-state index contributed by atoms with van der Waals surface area (Å²) in [6, 6.07) is 5.38. The number of benzene rings is 1. The molecule has 1 N–H and O–H groups in total. The Kier molecular flexibility index (Phi) is 6.39. The number of fused-ring (bicyclic) bond motifs is 1. The predicted octanol–water partition coefficient (Wildman–Crippen LogP) is 3.42. The lowest BCUT2D eigenvalue weighted by Gasteiger charge is -2.21. The molecule has 0 unspecified atom stereocenters. The molecule has 0 aromatic heterocycles. The molecule has 0 bridgehead atoms. The molecule has 1 aromatic rings. The summed E-state index contributed by atoms with van der Waals surface area (Å²) in [7, 11) is 0. The minimum Gasteiger partial charge on any atom is -0.342 e. The second kappa shape index (κ2) is 7.87. The molecule has 122 valence electrons. The molecule has 2 saturated heterocycles. The van der Waals surface area contributed by atoms with Gasteiger partial charge in [-0.15, -0.1) is 12.4 Å². The summed E-state index contributed by atoms with van der Waals surface area (Å²) < 4.78 is 0. The summed E-state index contributed by atoms with van der Waals surface area (Å²) in [6.07, 6.45) is 2.49. The molecule has 2 aliphatic rings. The topological polar surface area (TPSA) is 32.3 Å². The van der Waals surface area contributed by atoms with Crippen molar-refractivity contribution in [1.82, 2.24) is 10.2 Å². The highest BCUT2D eigenvalue weighted by Crippen LogP contribution is 2.29. The van der Waals surface area contributed by atoms with Crippen molar-refractivity contribution in [3.63, 3.8) is 0 Å². The second-order valence-corrected chi connectivity index (χ2v) is 6.83. The average Bonchev–Trinajstić information content (AvgIpc) is 2.81. The molecule has 2 atom stereocenters. The number of nitrogens with one attached hydrogen (secondary N) is 1. The maximum atomic E-state index is 12.5. The van der Waals surface area contributed by atoms with E-state index in [0.29, 0.717) is 16.5 Å². The highest BCUT2D eigenvalue weighted by atomic mass is 35.5. The van der Waals surface area contributed by atoms with Crippen LogP contribution in [0.4, 0.5) is 0 Å². The van der Waals surface area contributed by atoms with E-state index in [-0.39, 0.29) is 18.3 Å². The van der Waals surface area contributed by atoms with Gasteiger partial charge in [-0.3, -0.25) is 4.79 Å². The number of rotatable bonds is 2. The molecule has 0 saturated carbocycles.